The number of halogens is 3. The Morgan fingerprint density at radius 3 is 2.30 bits per heavy atom. The van der Waals surface area contributed by atoms with Crippen molar-refractivity contribution in [2.75, 3.05) is 0 Å². The van der Waals surface area contributed by atoms with E-state index in [-0.39, 0.29) is 6.04 Å². The molecule has 0 amide bonds. The monoisotopic (exact) mass is 281 g/mol. The first-order valence-electron chi connectivity index (χ1n) is 6.04. The third-order valence-electron chi connectivity index (χ3n) is 2.98. The van der Waals surface area contributed by atoms with E-state index in [1.54, 1.807) is 12.3 Å². The molecule has 0 aliphatic heterocycles. The average Bonchev–Trinajstić information content (AvgIpc) is 2.45. The number of hydrogen-bond donors (Lipinski definition) is 2. The highest BCUT2D eigenvalue weighted by molar-refractivity contribution is 5.27. The van der Waals surface area contributed by atoms with Crippen molar-refractivity contribution in [1.82, 2.24) is 10.4 Å². The number of pyridine rings is 1. The summed E-state index contributed by atoms with van der Waals surface area (Å²) in [5, 5.41) is 0. The molecular weight excluding hydrogens is 267 g/mol. The highest BCUT2D eigenvalue weighted by atomic mass is 19.4. The summed E-state index contributed by atoms with van der Waals surface area (Å²) in [5.74, 6) is 5.48. The zero-order chi connectivity index (χ0) is 14.6. The molecule has 0 saturated carbocycles. The van der Waals surface area contributed by atoms with Crippen LogP contribution in [0.1, 0.15) is 22.9 Å². The van der Waals surface area contributed by atoms with Gasteiger partial charge in [-0.25, -0.2) is 0 Å². The summed E-state index contributed by atoms with van der Waals surface area (Å²) in [6.07, 6.45) is -2.16. The van der Waals surface area contributed by atoms with E-state index in [4.69, 9.17) is 5.84 Å². The first kappa shape index (κ1) is 14.5. The van der Waals surface area contributed by atoms with Crippen LogP contribution in [-0.4, -0.2) is 4.98 Å². The number of nitrogens with zero attached hydrogens (tertiary/aromatic N) is 1. The predicted octanol–water partition coefficient (Wildman–Crippen LogP) is 2.85. The Morgan fingerprint density at radius 1 is 1.10 bits per heavy atom. The molecule has 0 aliphatic carbocycles. The van der Waals surface area contributed by atoms with Gasteiger partial charge in [0, 0.05) is 18.3 Å². The van der Waals surface area contributed by atoms with Gasteiger partial charge in [0.25, 0.3) is 0 Å². The lowest BCUT2D eigenvalue weighted by atomic mass is 10.0. The molecule has 1 aromatic carbocycles. The maximum Gasteiger partial charge on any atom is 0.416 e. The number of nitrogens with one attached hydrogen (secondary N) is 1. The number of hydrogen-bond acceptors (Lipinski definition) is 3. The SMILES string of the molecule is NNC(Cc1ccccn1)c1ccc(C(F)(F)F)cc1. The van der Waals surface area contributed by atoms with E-state index in [2.05, 4.69) is 10.4 Å². The summed E-state index contributed by atoms with van der Waals surface area (Å²) in [5.41, 5.74) is 3.43. The smallest absolute Gasteiger partial charge is 0.271 e. The topological polar surface area (TPSA) is 50.9 Å². The van der Waals surface area contributed by atoms with Crippen LogP contribution in [0.15, 0.2) is 48.7 Å². The van der Waals surface area contributed by atoms with Crippen LogP contribution in [0, 0.1) is 0 Å². The quantitative estimate of drug-likeness (QED) is 0.669. The number of rotatable bonds is 4. The largest absolute Gasteiger partial charge is 0.416 e. The molecule has 0 fully saturated rings. The minimum Gasteiger partial charge on any atom is -0.271 e. The molecule has 3 nitrogen and oxygen atoms in total. The lowest BCUT2D eigenvalue weighted by Crippen LogP contribution is -2.29. The fraction of sp³-hybridized carbons (Fsp3) is 0.214. The molecule has 0 bridgehead atoms. The standard InChI is InChI=1S/C14H14F3N3/c15-14(16,17)11-6-4-10(5-7-11)13(20-18)9-12-3-1-2-8-19-12/h1-8,13,20H,9,18H2. The molecule has 3 N–H and O–H groups in total. The van der Waals surface area contributed by atoms with Gasteiger partial charge < -0.3 is 0 Å². The zero-order valence-electron chi connectivity index (χ0n) is 10.6. The Labute approximate surface area is 114 Å². The molecule has 6 heteroatoms. The molecule has 2 aromatic rings. The second-order valence-corrected chi connectivity index (χ2v) is 4.36. The fourth-order valence-corrected chi connectivity index (χ4v) is 1.91. The summed E-state index contributed by atoms with van der Waals surface area (Å²) in [6.45, 7) is 0. The lowest BCUT2D eigenvalue weighted by molar-refractivity contribution is -0.137. The van der Waals surface area contributed by atoms with Crippen molar-refractivity contribution >= 4 is 0 Å². The lowest BCUT2D eigenvalue weighted by Gasteiger charge is -2.16. The van der Waals surface area contributed by atoms with Crippen LogP contribution < -0.4 is 11.3 Å². The number of benzene rings is 1. The molecule has 1 aromatic heterocycles. The van der Waals surface area contributed by atoms with Crippen LogP contribution in [0.2, 0.25) is 0 Å². The van der Waals surface area contributed by atoms with E-state index < -0.39 is 11.7 Å². The van der Waals surface area contributed by atoms with E-state index in [0.717, 1.165) is 17.8 Å². The minimum atomic E-state index is -4.33. The van der Waals surface area contributed by atoms with Gasteiger partial charge in [0.1, 0.15) is 0 Å². The van der Waals surface area contributed by atoms with Crippen LogP contribution in [0.25, 0.3) is 0 Å². The van der Waals surface area contributed by atoms with Crippen LogP contribution in [0.3, 0.4) is 0 Å². The van der Waals surface area contributed by atoms with Crippen molar-refractivity contribution in [3.8, 4) is 0 Å². The maximum atomic E-state index is 12.5. The van der Waals surface area contributed by atoms with Crippen molar-refractivity contribution in [2.45, 2.75) is 18.6 Å². The Balaban J connectivity index is 2.16. The molecule has 20 heavy (non-hydrogen) atoms. The van der Waals surface area contributed by atoms with Crippen molar-refractivity contribution < 1.29 is 13.2 Å². The number of alkyl halides is 3. The second-order valence-electron chi connectivity index (χ2n) is 4.36. The second kappa shape index (κ2) is 6.02. The van der Waals surface area contributed by atoms with Gasteiger partial charge in [0.15, 0.2) is 0 Å². The Hall–Kier alpha value is -1.92. The van der Waals surface area contributed by atoms with Gasteiger partial charge in [-0.1, -0.05) is 18.2 Å². The van der Waals surface area contributed by atoms with Crippen LogP contribution >= 0.6 is 0 Å². The third kappa shape index (κ3) is 3.55. The molecule has 0 aliphatic rings. The predicted molar refractivity (Wildman–Crippen MR) is 69.4 cm³/mol. The van der Waals surface area contributed by atoms with Crippen molar-refractivity contribution in [3.05, 3.63) is 65.5 Å². The first-order chi connectivity index (χ1) is 9.50. The highest BCUT2D eigenvalue weighted by Crippen LogP contribution is 2.30. The Bertz CT molecular complexity index is 538. The Kier molecular flexibility index (Phi) is 4.36. The van der Waals surface area contributed by atoms with Crippen molar-refractivity contribution in [2.24, 2.45) is 5.84 Å². The molecule has 0 saturated heterocycles. The van der Waals surface area contributed by atoms with Crippen molar-refractivity contribution in [3.63, 3.8) is 0 Å². The van der Waals surface area contributed by atoms with Crippen LogP contribution in [0.5, 0.6) is 0 Å². The van der Waals surface area contributed by atoms with E-state index in [9.17, 15) is 13.2 Å². The first-order valence-corrected chi connectivity index (χ1v) is 6.04. The van der Waals surface area contributed by atoms with Crippen LogP contribution in [0.4, 0.5) is 13.2 Å². The van der Waals surface area contributed by atoms with Gasteiger partial charge in [0.05, 0.1) is 11.6 Å². The molecule has 1 atom stereocenters. The molecule has 0 spiro atoms. The normalized spacial score (nSPS) is 13.2. The number of hydrazine groups is 1. The van der Waals surface area contributed by atoms with E-state index in [1.807, 2.05) is 12.1 Å². The maximum absolute atomic E-state index is 12.5. The van der Waals surface area contributed by atoms with Gasteiger partial charge in [-0.05, 0) is 29.8 Å². The number of nitrogens with two attached hydrogens (primary N) is 1. The zero-order valence-corrected chi connectivity index (χ0v) is 10.6. The molecular formula is C14H14F3N3. The number of aromatic nitrogens is 1. The van der Waals surface area contributed by atoms with E-state index in [1.165, 1.54) is 12.1 Å². The molecule has 106 valence electrons. The highest BCUT2D eigenvalue weighted by Gasteiger charge is 2.30. The fourth-order valence-electron chi connectivity index (χ4n) is 1.91. The molecule has 1 unspecified atom stereocenters. The molecule has 2 rings (SSSR count). The average molecular weight is 281 g/mol. The van der Waals surface area contributed by atoms with Gasteiger partial charge >= 0.3 is 6.18 Å². The molecule has 1 heterocycles. The van der Waals surface area contributed by atoms with Gasteiger partial charge in [-0.3, -0.25) is 16.3 Å². The summed E-state index contributed by atoms with van der Waals surface area (Å²) < 4.78 is 37.5. The summed E-state index contributed by atoms with van der Waals surface area (Å²) in [7, 11) is 0. The van der Waals surface area contributed by atoms with Gasteiger partial charge in [-0.2, -0.15) is 13.2 Å². The minimum absolute atomic E-state index is 0.285. The van der Waals surface area contributed by atoms with Gasteiger partial charge in [-0.15, -0.1) is 0 Å². The van der Waals surface area contributed by atoms with Gasteiger partial charge in [0.2, 0.25) is 0 Å². The summed E-state index contributed by atoms with van der Waals surface area (Å²) >= 11 is 0. The molecule has 0 radical (unpaired) electrons. The Morgan fingerprint density at radius 2 is 1.80 bits per heavy atom. The van der Waals surface area contributed by atoms with E-state index >= 15 is 0 Å². The third-order valence-corrected chi connectivity index (χ3v) is 2.98. The summed E-state index contributed by atoms with van der Waals surface area (Å²) in [4.78, 5) is 4.17. The van der Waals surface area contributed by atoms with Crippen LogP contribution in [-0.2, 0) is 12.6 Å². The summed E-state index contributed by atoms with van der Waals surface area (Å²) in [6, 6.07) is 10.2. The van der Waals surface area contributed by atoms with Crippen molar-refractivity contribution in [1.29, 1.82) is 0 Å². The van der Waals surface area contributed by atoms with E-state index in [0.29, 0.717) is 12.0 Å².